The van der Waals surface area contributed by atoms with E-state index in [1.54, 1.807) is 11.8 Å². The van der Waals surface area contributed by atoms with E-state index in [0.29, 0.717) is 0 Å². The summed E-state index contributed by atoms with van der Waals surface area (Å²) in [6, 6.07) is 0. The Balaban J connectivity index is 0.000000245. The molecule has 0 amide bonds. The minimum atomic E-state index is 0. The van der Waals surface area contributed by atoms with Crippen molar-refractivity contribution in [2.45, 2.75) is 78.1 Å². The molecule has 0 N–H and O–H groups in total. The first-order chi connectivity index (χ1) is 6.86. The second-order valence-electron chi connectivity index (χ2n) is 4.62. The summed E-state index contributed by atoms with van der Waals surface area (Å²) in [5, 5.41) is 0. The zero-order chi connectivity index (χ0) is 10.2. The minimum absolute atomic E-state index is 0. The van der Waals surface area contributed by atoms with Crippen molar-refractivity contribution < 1.29 is 21.1 Å². The van der Waals surface area contributed by atoms with Gasteiger partial charge in [0.25, 0.3) is 0 Å². The van der Waals surface area contributed by atoms with E-state index in [1.807, 2.05) is 0 Å². The maximum absolute atomic E-state index is 2.26. The Bertz CT molecular complexity index is 105. The summed E-state index contributed by atoms with van der Waals surface area (Å²) < 4.78 is 0. The van der Waals surface area contributed by atoms with Crippen LogP contribution in [0.5, 0.6) is 0 Å². The molecule has 0 aromatic carbocycles. The van der Waals surface area contributed by atoms with Crippen LogP contribution in [-0.4, -0.2) is 0 Å². The molecule has 90 valence electrons. The fraction of sp³-hybridized carbons (Fsp3) is 0.857. The van der Waals surface area contributed by atoms with Gasteiger partial charge in [-0.2, -0.15) is 0 Å². The van der Waals surface area contributed by atoms with Gasteiger partial charge in [-0.3, -0.25) is 0 Å². The maximum atomic E-state index is 2.26. The summed E-state index contributed by atoms with van der Waals surface area (Å²) >= 11 is 0. The predicted octanol–water partition coefficient (Wildman–Crippen LogP) is 4.55. The van der Waals surface area contributed by atoms with Gasteiger partial charge < -0.3 is 0 Å². The van der Waals surface area contributed by atoms with Crippen molar-refractivity contribution in [2.24, 2.45) is 0 Å². The van der Waals surface area contributed by atoms with Gasteiger partial charge in [-0.15, -0.1) is 0 Å². The summed E-state index contributed by atoms with van der Waals surface area (Å²) in [7, 11) is 0. The van der Waals surface area contributed by atoms with Crippen LogP contribution in [0.2, 0.25) is 0 Å². The van der Waals surface area contributed by atoms with Crippen LogP contribution in [0.25, 0.3) is 0 Å². The standard InChI is InChI=1S/2C7H13.W.2H/c2*1-2-7-5-3-4-6-7;;;/h2*2-6H2,1H3;;;. The molecule has 0 spiro atoms. The van der Waals surface area contributed by atoms with E-state index in [1.165, 1.54) is 64.2 Å². The predicted molar refractivity (Wildman–Crippen MR) is 66.8 cm³/mol. The molecule has 0 saturated heterocycles. The molecule has 0 aromatic rings. The fourth-order valence-corrected chi connectivity index (χ4v) is 2.46. The van der Waals surface area contributed by atoms with Gasteiger partial charge in [0, 0.05) is 0 Å². The van der Waals surface area contributed by atoms with Crippen LogP contribution in [-0.2, 0) is 21.1 Å². The van der Waals surface area contributed by atoms with E-state index in [-0.39, 0.29) is 21.1 Å². The van der Waals surface area contributed by atoms with Gasteiger partial charge in [0.15, 0.2) is 0 Å². The Labute approximate surface area is 111 Å². The molecule has 2 aliphatic carbocycles. The van der Waals surface area contributed by atoms with Crippen LogP contribution < -0.4 is 0 Å². The molecule has 15 heavy (non-hydrogen) atoms. The van der Waals surface area contributed by atoms with Crippen LogP contribution in [0.3, 0.4) is 0 Å². The molecule has 0 heterocycles. The van der Waals surface area contributed by atoms with Crippen LogP contribution >= 0.6 is 0 Å². The second-order valence-corrected chi connectivity index (χ2v) is 4.62. The molecular weight excluding hydrogens is 352 g/mol. The van der Waals surface area contributed by atoms with Crippen molar-refractivity contribution in [3.8, 4) is 0 Å². The summed E-state index contributed by atoms with van der Waals surface area (Å²) in [6.07, 6.45) is 14.2. The average molecular weight is 380 g/mol. The molecule has 0 bridgehead atoms. The van der Waals surface area contributed by atoms with Gasteiger partial charge in [-0.05, 0) is 50.4 Å². The fourth-order valence-electron chi connectivity index (χ4n) is 2.46. The van der Waals surface area contributed by atoms with Crippen LogP contribution in [0.1, 0.15) is 78.1 Å². The first-order valence-electron chi connectivity index (χ1n) is 6.54. The van der Waals surface area contributed by atoms with E-state index in [9.17, 15) is 0 Å². The molecule has 2 saturated carbocycles. The average Bonchev–Trinajstić information content (AvgIpc) is 2.92. The SMILES string of the molecule is CC[C]1CCCC1.CC[C]1CCCC1.[WH2]. The molecule has 0 atom stereocenters. The Kier molecular flexibility index (Phi) is 10.3. The molecule has 0 aliphatic heterocycles. The number of hydrogen-bond donors (Lipinski definition) is 0. The van der Waals surface area contributed by atoms with E-state index in [4.69, 9.17) is 0 Å². The van der Waals surface area contributed by atoms with E-state index < -0.39 is 0 Å². The van der Waals surface area contributed by atoms with Gasteiger partial charge in [-0.1, -0.05) is 39.5 Å². The molecule has 2 radical (unpaired) electrons. The molecule has 2 aliphatic rings. The third-order valence-electron chi connectivity index (χ3n) is 3.62. The van der Waals surface area contributed by atoms with Crippen molar-refractivity contribution >= 4 is 0 Å². The summed E-state index contributed by atoms with van der Waals surface area (Å²) in [5.41, 5.74) is 0. The van der Waals surface area contributed by atoms with Gasteiger partial charge in [-0.25, -0.2) is 0 Å². The molecule has 0 unspecified atom stereocenters. The topological polar surface area (TPSA) is 0 Å². The van der Waals surface area contributed by atoms with Gasteiger partial charge in [0.1, 0.15) is 0 Å². The van der Waals surface area contributed by atoms with E-state index >= 15 is 0 Å². The Morgan fingerprint density at radius 3 is 1.07 bits per heavy atom. The van der Waals surface area contributed by atoms with Crippen LogP contribution in [0, 0.1) is 11.8 Å². The van der Waals surface area contributed by atoms with Crippen LogP contribution in [0.15, 0.2) is 0 Å². The Hall–Kier alpha value is 0.688. The summed E-state index contributed by atoms with van der Waals surface area (Å²) in [4.78, 5) is 0. The van der Waals surface area contributed by atoms with Crippen molar-refractivity contribution in [1.29, 1.82) is 0 Å². The van der Waals surface area contributed by atoms with Crippen molar-refractivity contribution in [1.82, 2.24) is 0 Å². The van der Waals surface area contributed by atoms with Gasteiger partial charge >= 0.3 is 21.1 Å². The molecule has 0 aromatic heterocycles. The normalized spacial score (nSPS) is 22.0. The van der Waals surface area contributed by atoms with Gasteiger partial charge in [0.05, 0.1) is 0 Å². The quantitative estimate of drug-likeness (QED) is 0.660. The second kappa shape index (κ2) is 9.88. The zero-order valence-electron chi connectivity index (χ0n) is 10.6. The molecule has 2 fully saturated rings. The Morgan fingerprint density at radius 2 is 0.933 bits per heavy atom. The van der Waals surface area contributed by atoms with Crippen molar-refractivity contribution in [3.63, 3.8) is 0 Å². The number of rotatable bonds is 2. The van der Waals surface area contributed by atoms with E-state index in [0.717, 1.165) is 0 Å². The van der Waals surface area contributed by atoms with E-state index in [2.05, 4.69) is 13.8 Å². The molecule has 0 nitrogen and oxygen atoms in total. The third-order valence-corrected chi connectivity index (χ3v) is 3.62. The van der Waals surface area contributed by atoms with Gasteiger partial charge in [0.2, 0.25) is 0 Å². The molecule has 1 heteroatoms. The summed E-state index contributed by atoms with van der Waals surface area (Å²) in [5.74, 6) is 3.58. The Morgan fingerprint density at radius 1 is 0.667 bits per heavy atom. The monoisotopic (exact) mass is 380 g/mol. The third kappa shape index (κ3) is 6.77. The van der Waals surface area contributed by atoms with Crippen LogP contribution in [0.4, 0.5) is 0 Å². The molecule has 2 rings (SSSR count). The zero-order valence-corrected chi connectivity index (χ0v) is 14.2. The number of hydrogen-bond acceptors (Lipinski definition) is 0. The first kappa shape index (κ1) is 15.7. The first-order valence-corrected chi connectivity index (χ1v) is 6.54. The van der Waals surface area contributed by atoms with Crippen molar-refractivity contribution in [3.05, 3.63) is 11.8 Å². The molecular formula is C14H28W. The van der Waals surface area contributed by atoms with Crippen molar-refractivity contribution in [2.75, 3.05) is 0 Å². The summed E-state index contributed by atoms with van der Waals surface area (Å²) in [6.45, 7) is 4.53.